The summed E-state index contributed by atoms with van der Waals surface area (Å²) in [5, 5.41) is 6.27. The lowest BCUT2D eigenvalue weighted by atomic mass is 9.94. The van der Waals surface area contributed by atoms with Crippen molar-refractivity contribution in [3.05, 3.63) is 0 Å². The van der Waals surface area contributed by atoms with Crippen LogP contribution in [0.15, 0.2) is 0 Å². The SMILES string of the molecule is CNC(=O)C1CCN(C(C)CC2COCCN2)CC1. The van der Waals surface area contributed by atoms with E-state index >= 15 is 0 Å². The van der Waals surface area contributed by atoms with Gasteiger partial charge >= 0.3 is 0 Å². The van der Waals surface area contributed by atoms with Crippen molar-refractivity contribution in [2.75, 3.05) is 39.9 Å². The van der Waals surface area contributed by atoms with Crippen molar-refractivity contribution in [1.29, 1.82) is 0 Å². The molecule has 2 atom stereocenters. The predicted molar refractivity (Wildman–Crippen MR) is 75.1 cm³/mol. The lowest BCUT2D eigenvalue weighted by molar-refractivity contribution is -0.126. The van der Waals surface area contributed by atoms with Crippen LogP contribution >= 0.6 is 0 Å². The van der Waals surface area contributed by atoms with Crippen LogP contribution in [0.1, 0.15) is 26.2 Å². The second-order valence-electron chi connectivity index (χ2n) is 5.74. The van der Waals surface area contributed by atoms with E-state index < -0.39 is 0 Å². The van der Waals surface area contributed by atoms with Crippen LogP contribution in [-0.4, -0.2) is 62.8 Å². The molecule has 2 aliphatic rings. The van der Waals surface area contributed by atoms with Gasteiger partial charge in [0, 0.05) is 31.6 Å². The highest BCUT2D eigenvalue weighted by Crippen LogP contribution is 2.21. The summed E-state index contributed by atoms with van der Waals surface area (Å²) in [4.78, 5) is 14.1. The normalized spacial score (nSPS) is 28.0. The Morgan fingerprint density at radius 3 is 2.79 bits per heavy atom. The van der Waals surface area contributed by atoms with E-state index in [9.17, 15) is 4.79 Å². The van der Waals surface area contributed by atoms with Gasteiger partial charge in [0.1, 0.15) is 0 Å². The van der Waals surface area contributed by atoms with Crippen molar-refractivity contribution in [2.45, 2.75) is 38.3 Å². The van der Waals surface area contributed by atoms with Crippen LogP contribution in [0, 0.1) is 5.92 Å². The van der Waals surface area contributed by atoms with Gasteiger partial charge in [0.25, 0.3) is 0 Å². The Balaban J connectivity index is 1.72. The first-order valence-corrected chi connectivity index (χ1v) is 7.47. The number of nitrogens with one attached hydrogen (secondary N) is 2. The summed E-state index contributed by atoms with van der Waals surface area (Å²) < 4.78 is 5.50. The summed E-state index contributed by atoms with van der Waals surface area (Å²) >= 11 is 0. The summed E-state index contributed by atoms with van der Waals surface area (Å²) in [6.07, 6.45) is 3.10. The largest absolute Gasteiger partial charge is 0.379 e. The third-order valence-corrected chi connectivity index (χ3v) is 4.39. The highest BCUT2D eigenvalue weighted by atomic mass is 16.5. The van der Waals surface area contributed by atoms with Crippen LogP contribution in [0.5, 0.6) is 0 Å². The minimum atomic E-state index is 0.203. The van der Waals surface area contributed by atoms with E-state index in [1.165, 1.54) is 0 Å². The van der Waals surface area contributed by atoms with Crippen LogP contribution in [-0.2, 0) is 9.53 Å². The molecule has 0 spiro atoms. The van der Waals surface area contributed by atoms with Gasteiger partial charge in [-0.05, 0) is 39.3 Å². The van der Waals surface area contributed by atoms with Gasteiger partial charge in [0.05, 0.1) is 13.2 Å². The molecular formula is C14H27N3O2. The molecule has 110 valence electrons. The molecule has 2 unspecified atom stereocenters. The van der Waals surface area contributed by atoms with Gasteiger partial charge in [0.15, 0.2) is 0 Å². The molecule has 0 aromatic carbocycles. The van der Waals surface area contributed by atoms with E-state index in [2.05, 4.69) is 22.5 Å². The van der Waals surface area contributed by atoms with Crippen molar-refractivity contribution in [2.24, 2.45) is 5.92 Å². The van der Waals surface area contributed by atoms with Gasteiger partial charge in [-0.2, -0.15) is 0 Å². The second-order valence-corrected chi connectivity index (χ2v) is 5.74. The number of nitrogens with zero attached hydrogens (tertiary/aromatic N) is 1. The molecule has 0 saturated carbocycles. The second kappa shape index (κ2) is 7.22. The van der Waals surface area contributed by atoms with Gasteiger partial charge in [-0.25, -0.2) is 0 Å². The molecule has 1 amide bonds. The van der Waals surface area contributed by atoms with Gasteiger partial charge in [-0.3, -0.25) is 4.79 Å². The monoisotopic (exact) mass is 269 g/mol. The van der Waals surface area contributed by atoms with Crippen molar-refractivity contribution < 1.29 is 9.53 Å². The Bertz CT molecular complexity index is 284. The molecule has 5 heteroatoms. The molecule has 2 N–H and O–H groups in total. The summed E-state index contributed by atoms with van der Waals surface area (Å²) in [5.74, 6) is 0.416. The Hall–Kier alpha value is -0.650. The average molecular weight is 269 g/mol. The first-order valence-electron chi connectivity index (χ1n) is 7.47. The zero-order valence-corrected chi connectivity index (χ0v) is 12.2. The van der Waals surface area contributed by atoms with Crippen molar-refractivity contribution in [3.8, 4) is 0 Å². The van der Waals surface area contributed by atoms with Gasteiger partial charge in [0.2, 0.25) is 5.91 Å². The molecule has 0 aromatic heterocycles. The van der Waals surface area contributed by atoms with E-state index in [-0.39, 0.29) is 11.8 Å². The zero-order chi connectivity index (χ0) is 13.7. The van der Waals surface area contributed by atoms with E-state index in [1.54, 1.807) is 7.05 Å². The van der Waals surface area contributed by atoms with Gasteiger partial charge < -0.3 is 20.3 Å². The number of amides is 1. The van der Waals surface area contributed by atoms with Crippen molar-refractivity contribution >= 4 is 5.91 Å². The van der Waals surface area contributed by atoms with Gasteiger partial charge in [-0.15, -0.1) is 0 Å². The fourth-order valence-corrected chi connectivity index (χ4v) is 3.14. The number of hydrogen-bond acceptors (Lipinski definition) is 4. The number of carbonyl (C=O) groups excluding carboxylic acids is 1. The van der Waals surface area contributed by atoms with E-state index in [0.29, 0.717) is 12.1 Å². The minimum Gasteiger partial charge on any atom is -0.379 e. The maximum atomic E-state index is 11.6. The van der Waals surface area contributed by atoms with Crippen LogP contribution < -0.4 is 10.6 Å². The summed E-state index contributed by atoms with van der Waals surface area (Å²) in [5.41, 5.74) is 0. The van der Waals surface area contributed by atoms with Crippen molar-refractivity contribution in [3.63, 3.8) is 0 Å². The molecule has 2 saturated heterocycles. The lowest BCUT2D eigenvalue weighted by Gasteiger charge is -2.37. The number of likely N-dealkylation sites (tertiary alicyclic amines) is 1. The maximum absolute atomic E-state index is 11.6. The highest BCUT2D eigenvalue weighted by molar-refractivity contribution is 5.78. The smallest absolute Gasteiger partial charge is 0.222 e. The van der Waals surface area contributed by atoms with E-state index in [1.807, 2.05) is 0 Å². The standard InChI is InChI=1S/C14H27N3O2/c1-11(9-13-10-19-8-5-16-13)17-6-3-12(4-7-17)14(18)15-2/h11-13,16H,3-10H2,1-2H3,(H,15,18). The van der Waals surface area contributed by atoms with Gasteiger partial charge in [-0.1, -0.05) is 0 Å². The minimum absolute atomic E-state index is 0.203. The van der Waals surface area contributed by atoms with Crippen LogP contribution in [0.25, 0.3) is 0 Å². The fraction of sp³-hybridized carbons (Fsp3) is 0.929. The highest BCUT2D eigenvalue weighted by Gasteiger charge is 2.27. The number of ether oxygens (including phenoxy) is 1. The van der Waals surface area contributed by atoms with Crippen LogP contribution in [0.2, 0.25) is 0 Å². The predicted octanol–water partition coefficient (Wildman–Crippen LogP) is 0.211. The Morgan fingerprint density at radius 1 is 1.47 bits per heavy atom. The molecule has 19 heavy (non-hydrogen) atoms. The quantitative estimate of drug-likeness (QED) is 0.766. The molecule has 0 radical (unpaired) electrons. The fourth-order valence-electron chi connectivity index (χ4n) is 3.14. The third kappa shape index (κ3) is 4.16. The van der Waals surface area contributed by atoms with Crippen LogP contribution in [0.4, 0.5) is 0 Å². The molecule has 2 aliphatic heterocycles. The first-order chi connectivity index (χ1) is 9.20. The van der Waals surface area contributed by atoms with E-state index in [4.69, 9.17) is 4.74 Å². The average Bonchev–Trinajstić information content (AvgIpc) is 2.47. The third-order valence-electron chi connectivity index (χ3n) is 4.39. The first kappa shape index (κ1) is 14.8. The number of morpholine rings is 1. The topological polar surface area (TPSA) is 53.6 Å². The Labute approximate surface area is 116 Å². The number of piperidine rings is 1. The molecule has 0 bridgehead atoms. The zero-order valence-electron chi connectivity index (χ0n) is 12.2. The maximum Gasteiger partial charge on any atom is 0.222 e. The number of rotatable bonds is 4. The number of carbonyl (C=O) groups is 1. The number of hydrogen-bond donors (Lipinski definition) is 2. The molecule has 2 heterocycles. The lowest BCUT2D eigenvalue weighted by Crippen LogP contribution is -2.48. The molecule has 2 rings (SSSR count). The molecule has 5 nitrogen and oxygen atoms in total. The summed E-state index contributed by atoms with van der Waals surface area (Å²) in [7, 11) is 1.73. The summed E-state index contributed by atoms with van der Waals surface area (Å²) in [6, 6.07) is 1.05. The van der Waals surface area contributed by atoms with Crippen LogP contribution in [0.3, 0.4) is 0 Å². The molecule has 0 aliphatic carbocycles. The Kier molecular flexibility index (Phi) is 5.60. The van der Waals surface area contributed by atoms with Crippen molar-refractivity contribution in [1.82, 2.24) is 15.5 Å². The Morgan fingerprint density at radius 2 is 2.21 bits per heavy atom. The van der Waals surface area contributed by atoms with E-state index in [0.717, 1.165) is 52.1 Å². The summed E-state index contributed by atoms with van der Waals surface area (Å²) in [6.45, 7) is 6.99. The molecule has 2 fully saturated rings. The molecule has 0 aromatic rings. The molecular weight excluding hydrogens is 242 g/mol.